The summed E-state index contributed by atoms with van der Waals surface area (Å²) in [5.41, 5.74) is 0.930. The average Bonchev–Trinajstić information content (AvgIpc) is 3.23. The van der Waals surface area contributed by atoms with Gasteiger partial charge in [0.25, 0.3) is 0 Å². The monoisotopic (exact) mass is 262 g/mol. The van der Waals surface area contributed by atoms with E-state index in [0.717, 1.165) is 38.4 Å². The summed E-state index contributed by atoms with van der Waals surface area (Å²) in [6.07, 6.45) is 3.47. The van der Waals surface area contributed by atoms with Crippen molar-refractivity contribution in [3.8, 4) is 0 Å². The van der Waals surface area contributed by atoms with Crippen LogP contribution in [0.15, 0.2) is 18.2 Å². The summed E-state index contributed by atoms with van der Waals surface area (Å²) in [7, 11) is 0. The highest BCUT2D eigenvalue weighted by molar-refractivity contribution is 5.84. The van der Waals surface area contributed by atoms with Crippen LogP contribution in [-0.4, -0.2) is 43.9 Å². The number of halogens is 1. The molecule has 0 aromatic heterocycles. The first kappa shape index (κ1) is 12.6. The van der Waals surface area contributed by atoms with Crippen LogP contribution in [0.1, 0.15) is 23.2 Å². The Balaban J connectivity index is 1.68. The van der Waals surface area contributed by atoms with E-state index < -0.39 is 0 Å². The van der Waals surface area contributed by atoms with Crippen molar-refractivity contribution in [3.05, 3.63) is 29.6 Å². The first-order valence-corrected chi connectivity index (χ1v) is 6.99. The third-order valence-electron chi connectivity index (χ3n) is 4.05. The second-order valence-corrected chi connectivity index (χ2v) is 5.53. The van der Waals surface area contributed by atoms with E-state index in [1.54, 1.807) is 12.1 Å². The molecule has 102 valence electrons. The van der Waals surface area contributed by atoms with Gasteiger partial charge < -0.3 is 4.90 Å². The quantitative estimate of drug-likeness (QED) is 0.777. The molecule has 0 amide bonds. The number of para-hydroxylation sites is 1. The van der Waals surface area contributed by atoms with Crippen molar-refractivity contribution in [2.24, 2.45) is 5.92 Å². The summed E-state index contributed by atoms with van der Waals surface area (Å²) < 4.78 is 13.9. The van der Waals surface area contributed by atoms with Crippen molar-refractivity contribution in [2.45, 2.75) is 12.8 Å². The number of piperazine rings is 1. The Morgan fingerprint density at radius 2 is 1.95 bits per heavy atom. The molecule has 4 heteroatoms. The topological polar surface area (TPSA) is 23.6 Å². The minimum Gasteiger partial charge on any atom is -0.366 e. The van der Waals surface area contributed by atoms with Crippen LogP contribution in [-0.2, 0) is 0 Å². The van der Waals surface area contributed by atoms with Crippen LogP contribution < -0.4 is 4.90 Å². The highest BCUT2D eigenvalue weighted by atomic mass is 19.1. The zero-order valence-electron chi connectivity index (χ0n) is 11.0. The lowest BCUT2D eigenvalue weighted by molar-refractivity contribution is 0.112. The van der Waals surface area contributed by atoms with Gasteiger partial charge in [0.05, 0.1) is 5.69 Å². The van der Waals surface area contributed by atoms with Gasteiger partial charge in [-0.2, -0.15) is 0 Å². The van der Waals surface area contributed by atoms with Gasteiger partial charge in [-0.3, -0.25) is 9.69 Å². The van der Waals surface area contributed by atoms with Gasteiger partial charge in [-0.05, 0) is 30.9 Å². The molecule has 0 spiro atoms. The molecule has 0 bridgehead atoms. The molecule has 3 rings (SSSR count). The number of rotatable bonds is 4. The van der Waals surface area contributed by atoms with Crippen LogP contribution >= 0.6 is 0 Å². The molecule has 1 saturated heterocycles. The summed E-state index contributed by atoms with van der Waals surface area (Å²) in [6.45, 7) is 4.71. The average molecular weight is 262 g/mol. The molecular formula is C15H19FN2O. The summed E-state index contributed by atoms with van der Waals surface area (Å²) in [5, 5.41) is 0. The maximum absolute atomic E-state index is 13.9. The highest BCUT2D eigenvalue weighted by Gasteiger charge is 2.27. The highest BCUT2D eigenvalue weighted by Crippen LogP contribution is 2.30. The molecule has 2 aliphatic rings. The van der Waals surface area contributed by atoms with Gasteiger partial charge in [-0.1, -0.05) is 6.07 Å². The molecule has 0 atom stereocenters. The number of hydrogen-bond acceptors (Lipinski definition) is 3. The summed E-state index contributed by atoms with van der Waals surface area (Å²) in [6, 6.07) is 4.70. The lowest BCUT2D eigenvalue weighted by Gasteiger charge is -2.36. The maximum Gasteiger partial charge on any atom is 0.152 e. The molecule has 0 unspecified atom stereocenters. The smallest absolute Gasteiger partial charge is 0.152 e. The molecular weight excluding hydrogens is 243 g/mol. The van der Waals surface area contributed by atoms with E-state index in [4.69, 9.17) is 0 Å². The SMILES string of the molecule is O=Cc1cccc(F)c1N1CCN(CC2CC2)CC1. The molecule has 1 aromatic carbocycles. The Morgan fingerprint density at radius 3 is 2.58 bits per heavy atom. The normalized spacial score (nSPS) is 20.6. The summed E-state index contributed by atoms with van der Waals surface area (Å²) >= 11 is 0. The summed E-state index contributed by atoms with van der Waals surface area (Å²) in [4.78, 5) is 15.5. The number of nitrogens with zero attached hydrogens (tertiary/aromatic N) is 2. The van der Waals surface area contributed by atoms with E-state index >= 15 is 0 Å². The molecule has 1 aromatic rings. The van der Waals surface area contributed by atoms with Gasteiger partial charge in [0.2, 0.25) is 0 Å². The molecule has 1 aliphatic carbocycles. The van der Waals surface area contributed by atoms with Crippen LogP contribution in [0.4, 0.5) is 10.1 Å². The zero-order valence-corrected chi connectivity index (χ0v) is 11.0. The summed E-state index contributed by atoms with van der Waals surface area (Å²) in [5.74, 6) is 0.603. The Morgan fingerprint density at radius 1 is 1.21 bits per heavy atom. The van der Waals surface area contributed by atoms with Crippen LogP contribution in [0.2, 0.25) is 0 Å². The fourth-order valence-electron chi connectivity index (χ4n) is 2.78. The van der Waals surface area contributed by atoms with Crippen molar-refractivity contribution in [1.29, 1.82) is 0 Å². The van der Waals surface area contributed by atoms with Gasteiger partial charge in [-0.15, -0.1) is 0 Å². The number of hydrogen-bond donors (Lipinski definition) is 0. The van der Waals surface area contributed by atoms with Crippen LogP contribution in [0.25, 0.3) is 0 Å². The van der Waals surface area contributed by atoms with E-state index in [0.29, 0.717) is 11.3 Å². The largest absolute Gasteiger partial charge is 0.366 e. The van der Waals surface area contributed by atoms with Crippen molar-refractivity contribution >= 4 is 12.0 Å². The van der Waals surface area contributed by atoms with Gasteiger partial charge >= 0.3 is 0 Å². The van der Waals surface area contributed by atoms with E-state index in [2.05, 4.69) is 4.90 Å². The predicted molar refractivity (Wildman–Crippen MR) is 73.2 cm³/mol. The Bertz CT molecular complexity index is 465. The van der Waals surface area contributed by atoms with Crippen molar-refractivity contribution < 1.29 is 9.18 Å². The molecule has 3 nitrogen and oxygen atoms in total. The van der Waals surface area contributed by atoms with Crippen LogP contribution in [0.5, 0.6) is 0 Å². The van der Waals surface area contributed by atoms with E-state index in [1.807, 2.05) is 4.90 Å². The minimum atomic E-state index is -0.291. The maximum atomic E-state index is 13.9. The number of anilines is 1. The first-order valence-electron chi connectivity index (χ1n) is 6.99. The standard InChI is InChI=1S/C15H19FN2O/c16-14-3-1-2-13(11-19)15(14)18-8-6-17(7-9-18)10-12-4-5-12/h1-3,11-12H,4-10H2. The van der Waals surface area contributed by atoms with Gasteiger partial charge in [0, 0.05) is 38.3 Å². The number of benzene rings is 1. The van der Waals surface area contributed by atoms with Crippen molar-refractivity contribution in [2.75, 3.05) is 37.6 Å². The Hall–Kier alpha value is -1.42. The number of aldehydes is 1. The van der Waals surface area contributed by atoms with Gasteiger partial charge in [-0.25, -0.2) is 4.39 Å². The predicted octanol–water partition coefficient (Wildman–Crippen LogP) is 2.17. The molecule has 0 radical (unpaired) electrons. The van der Waals surface area contributed by atoms with Gasteiger partial charge in [0.1, 0.15) is 5.82 Å². The fraction of sp³-hybridized carbons (Fsp3) is 0.533. The van der Waals surface area contributed by atoms with Gasteiger partial charge in [0.15, 0.2) is 6.29 Å². The van der Waals surface area contributed by atoms with Crippen molar-refractivity contribution in [1.82, 2.24) is 4.90 Å². The molecule has 0 N–H and O–H groups in total. The lowest BCUT2D eigenvalue weighted by Crippen LogP contribution is -2.47. The van der Waals surface area contributed by atoms with Crippen LogP contribution in [0, 0.1) is 11.7 Å². The molecule has 1 saturated carbocycles. The molecule has 19 heavy (non-hydrogen) atoms. The third kappa shape index (κ3) is 2.78. The third-order valence-corrected chi connectivity index (χ3v) is 4.05. The van der Waals surface area contributed by atoms with Crippen LogP contribution in [0.3, 0.4) is 0 Å². The first-order chi connectivity index (χ1) is 9.28. The Kier molecular flexibility index (Phi) is 3.51. The fourth-order valence-corrected chi connectivity index (χ4v) is 2.78. The second kappa shape index (κ2) is 5.29. The minimum absolute atomic E-state index is 0.291. The Labute approximate surface area is 113 Å². The van der Waals surface area contributed by atoms with E-state index in [-0.39, 0.29) is 5.82 Å². The van der Waals surface area contributed by atoms with E-state index in [1.165, 1.54) is 25.5 Å². The lowest BCUT2D eigenvalue weighted by atomic mass is 10.1. The molecule has 1 aliphatic heterocycles. The molecule has 1 heterocycles. The van der Waals surface area contributed by atoms with Crippen molar-refractivity contribution in [3.63, 3.8) is 0 Å². The number of carbonyl (C=O) groups is 1. The zero-order chi connectivity index (χ0) is 13.2. The molecule has 2 fully saturated rings. The number of carbonyl (C=O) groups excluding carboxylic acids is 1. The van der Waals surface area contributed by atoms with E-state index in [9.17, 15) is 9.18 Å². The second-order valence-electron chi connectivity index (χ2n) is 5.53.